The maximum Gasteiger partial charge on any atom is 0.166 e. The molecule has 1 atom stereocenters. The molecule has 0 aliphatic carbocycles. The van der Waals surface area contributed by atoms with Gasteiger partial charge in [-0.25, -0.2) is 9.97 Å². The minimum Gasteiger partial charge on any atom is -0.485 e. The van der Waals surface area contributed by atoms with Crippen molar-refractivity contribution >= 4 is 0 Å². The highest BCUT2D eigenvalue weighted by atomic mass is 16.5. The van der Waals surface area contributed by atoms with Gasteiger partial charge in [0.15, 0.2) is 5.82 Å². The lowest BCUT2D eigenvalue weighted by Crippen LogP contribution is -2.18. The van der Waals surface area contributed by atoms with Crippen LogP contribution in [0.15, 0.2) is 42.7 Å². The summed E-state index contributed by atoms with van der Waals surface area (Å²) in [5.41, 5.74) is 1.15. The van der Waals surface area contributed by atoms with Gasteiger partial charge in [-0.15, -0.1) is 0 Å². The molecule has 0 aliphatic rings. The van der Waals surface area contributed by atoms with Gasteiger partial charge in [-0.3, -0.25) is 0 Å². The number of nitrogens with zero attached hydrogens (tertiary/aromatic N) is 2. The number of nitrogens with one attached hydrogen (secondary N) is 1. The van der Waals surface area contributed by atoms with Gasteiger partial charge in [-0.2, -0.15) is 0 Å². The number of benzene rings is 1. The molecule has 1 unspecified atom stereocenters. The minimum absolute atomic E-state index is 0.262. The van der Waals surface area contributed by atoms with E-state index in [0.29, 0.717) is 12.4 Å². The number of hydrogen-bond donors (Lipinski definition) is 1. The van der Waals surface area contributed by atoms with Crippen molar-refractivity contribution in [2.24, 2.45) is 0 Å². The largest absolute Gasteiger partial charge is 0.485 e. The number of hydrogen-bond acceptors (Lipinski definition) is 4. The zero-order valence-electron chi connectivity index (χ0n) is 11.3. The third-order valence-electron chi connectivity index (χ3n) is 2.87. The third-order valence-corrected chi connectivity index (χ3v) is 2.87. The number of para-hydroxylation sites is 1. The van der Waals surface area contributed by atoms with Gasteiger partial charge in [0, 0.05) is 24.0 Å². The molecular formula is C15H19N3O. The Morgan fingerprint density at radius 2 is 1.89 bits per heavy atom. The molecule has 2 rings (SSSR count). The Bertz CT molecular complexity index is 502. The van der Waals surface area contributed by atoms with Crippen molar-refractivity contribution in [3.05, 3.63) is 54.1 Å². The van der Waals surface area contributed by atoms with E-state index in [1.807, 2.05) is 18.2 Å². The van der Waals surface area contributed by atoms with E-state index in [1.54, 1.807) is 18.5 Å². The fourth-order valence-corrected chi connectivity index (χ4v) is 1.93. The molecule has 0 amide bonds. The Balaban J connectivity index is 2.07. The summed E-state index contributed by atoms with van der Waals surface area (Å²) in [6.45, 7) is 5.54. The van der Waals surface area contributed by atoms with Crippen molar-refractivity contribution in [1.29, 1.82) is 0 Å². The molecule has 0 saturated carbocycles. The van der Waals surface area contributed by atoms with Crippen molar-refractivity contribution in [1.82, 2.24) is 15.3 Å². The van der Waals surface area contributed by atoms with Crippen molar-refractivity contribution < 1.29 is 4.74 Å². The summed E-state index contributed by atoms with van der Waals surface area (Å²) in [4.78, 5) is 8.31. The summed E-state index contributed by atoms with van der Waals surface area (Å²) >= 11 is 0. The van der Waals surface area contributed by atoms with Gasteiger partial charge >= 0.3 is 0 Å². The van der Waals surface area contributed by atoms with Crippen LogP contribution >= 0.6 is 0 Å². The highest BCUT2D eigenvalue weighted by molar-refractivity contribution is 5.35. The molecule has 1 aromatic heterocycles. The van der Waals surface area contributed by atoms with Crippen molar-refractivity contribution in [2.75, 3.05) is 6.54 Å². The number of rotatable bonds is 6. The van der Waals surface area contributed by atoms with Crippen LogP contribution in [0.4, 0.5) is 0 Å². The molecule has 1 N–H and O–H groups in total. The summed E-state index contributed by atoms with van der Waals surface area (Å²) in [5, 5.41) is 3.39. The SMILES string of the molecule is CCNC(C)c1ccccc1OCc1ncccn1. The Hall–Kier alpha value is -1.94. The Kier molecular flexibility index (Phi) is 4.86. The third kappa shape index (κ3) is 3.76. The fraction of sp³-hybridized carbons (Fsp3) is 0.333. The fourth-order valence-electron chi connectivity index (χ4n) is 1.93. The van der Waals surface area contributed by atoms with Gasteiger partial charge in [0.2, 0.25) is 0 Å². The molecule has 1 heterocycles. The molecule has 0 aliphatic heterocycles. The van der Waals surface area contributed by atoms with Crippen LogP contribution in [0, 0.1) is 0 Å². The standard InChI is InChI=1S/C15H19N3O/c1-3-16-12(2)13-7-4-5-8-14(13)19-11-15-17-9-6-10-18-15/h4-10,12,16H,3,11H2,1-2H3. The van der Waals surface area contributed by atoms with Crippen molar-refractivity contribution in [2.45, 2.75) is 26.5 Å². The lowest BCUT2D eigenvalue weighted by Gasteiger charge is -2.17. The Labute approximate surface area is 113 Å². The summed E-state index contributed by atoms with van der Waals surface area (Å²) < 4.78 is 5.83. The monoisotopic (exact) mass is 257 g/mol. The first-order valence-corrected chi connectivity index (χ1v) is 6.52. The van der Waals surface area contributed by atoms with Crippen LogP contribution in [0.1, 0.15) is 31.3 Å². The molecule has 1 aromatic carbocycles. The summed E-state index contributed by atoms with van der Waals surface area (Å²) in [6.07, 6.45) is 3.44. The Morgan fingerprint density at radius 3 is 2.63 bits per heavy atom. The molecule has 19 heavy (non-hydrogen) atoms. The summed E-state index contributed by atoms with van der Waals surface area (Å²) in [5.74, 6) is 1.57. The van der Waals surface area contributed by atoms with Crippen LogP contribution in [-0.4, -0.2) is 16.5 Å². The van der Waals surface area contributed by atoms with Crippen LogP contribution in [0.3, 0.4) is 0 Å². The predicted molar refractivity (Wildman–Crippen MR) is 74.9 cm³/mol. The molecule has 0 radical (unpaired) electrons. The van der Waals surface area contributed by atoms with Gasteiger partial charge in [-0.1, -0.05) is 25.1 Å². The maximum absolute atomic E-state index is 5.83. The molecule has 2 aromatic rings. The maximum atomic E-state index is 5.83. The van der Waals surface area contributed by atoms with Crippen molar-refractivity contribution in [3.8, 4) is 5.75 Å². The summed E-state index contributed by atoms with van der Waals surface area (Å²) in [6, 6.07) is 10.1. The van der Waals surface area contributed by atoms with Gasteiger partial charge < -0.3 is 10.1 Å². The molecule has 0 bridgehead atoms. The second-order valence-electron chi connectivity index (χ2n) is 4.27. The van der Waals surface area contributed by atoms with E-state index in [9.17, 15) is 0 Å². The molecule has 4 heteroatoms. The van der Waals surface area contributed by atoms with E-state index in [2.05, 4.69) is 35.2 Å². The first kappa shape index (κ1) is 13.5. The van der Waals surface area contributed by atoms with Crippen LogP contribution < -0.4 is 10.1 Å². The average molecular weight is 257 g/mol. The van der Waals surface area contributed by atoms with E-state index in [-0.39, 0.29) is 6.04 Å². The zero-order valence-corrected chi connectivity index (χ0v) is 11.3. The van der Waals surface area contributed by atoms with E-state index < -0.39 is 0 Å². The van der Waals surface area contributed by atoms with Crippen molar-refractivity contribution in [3.63, 3.8) is 0 Å². The molecule has 0 saturated heterocycles. The average Bonchev–Trinajstić information content (AvgIpc) is 2.47. The van der Waals surface area contributed by atoms with Gasteiger partial charge in [0.25, 0.3) is 0 Å². The molecule has 0 fully saturated rings. The van der Waals surface area contributed by atoms with Gasteiger partial charge in [0.1, 0.15) is 12.4 Å². The molecule has 100 valence electrons. The lowest BCUT2D eigenvalue weighted by atomic mass is 10.1. The molecule has 4 nitrogen and oxygen atoms in total. The highest BCUT2D eigenvalue weighted by Gasteiger charge is 2.10. The first-order valence-electron chi connectivity index (χ1n) is 6.52. The lowest BCUT2D eigenvalue weighted by molar-refractivity contribution is 0.290. The molecule has 0 spiro atoms. The first-order chi connectivity index (χ1) is 9.31. The second kappa shape index (κ2) is 6.85. The van der Waals surface area contributed by atoms with Gasteiger partial charge in [-0.05, 0) is 25.6 Å². The normalized spacial score (nSPS) is 12.1. The van der Waals surface area contributed by atoms with E-state index in [1.165, 1.54) is 0 Å². The van der Waals surface area contributed by atoms with Gasteiger partial charge in [0.05, 0.1) is 0 Å². The highest BCUT2D eigenvalue weighted by Crippen LogP contribution is 2.25. The smallest absolute Gasteiger partial charge is 0.166 e. The molecular weight excluding hydrogens is 238 g/mol. The van der Waals surface area contributed by atoms with Crippen LogP contribution in [0.25, 0.3) is 0 Å². The zero-order chi connectivity index (χ0) is 13.5. The van der Waals surface area contributed by atoms with E-state index in [4.69, 9.17) is 4.74 Å². The van der Waals surface area contributed by atoms with E-state index >= 15 is 0 Å². The van der Waals surface area contributed by atoms with Crippen LogP contribution in [0.2, 0.25) is 0 Å². The number of aromatic nitrogens is 2. The predicted octanol–water partition coefficient (Wildman–Crippen LogP) is 2.73. The summed E-state index contributed by atoms with van der Waals surface area (Å²) in [7, 11) is 0. The number of ether oxygens (including phenoxy) is 1. The van der Waals surface area contributed by atoms with Crippen LogP contribution in [0.5, 0.6) is 5.75 Å². The topological polar surface area (TPSA) is 47.0 Å². The minimum atomic E-state index is 0.262. The van der Waals surface area contributed by atoms with E-state index in [0.717, 1.165) is 17.9 Å². The van der Waals surface area contributed by atoms with Crippen LogP contribution in [-0.2, 0) is 6.61 Å². The second-order valence-corrected chi connectivity index (χ2v) is 4.27. The Morgan fingerprint density at radius 1 is 1.16 bits per heavy atom. The quantitative estimate of drug-likeness (QED) is 0.864.